The molecular weight excluding hydrogens is 362 g/mol. The second-order valence-corrected chi connectivity index (χ2v) is 7.03. The van der Waals surface area contributed by atoms with Crippen molar-refractivity contribution < 1.29 is 14.7 Å². The fraction of sp³-hybridized carbons (Fsp3) is 0.150. The van der Waals surface area contributed by atoms with E-state index in [0.717, 1.165) is 11.1 Å². The number of aromatic carboxylic acids is 1. The number of aliphatic imine (C=N–C) groups is 1. The number of hydrogen-bond donors (Lipinski definition) is 3. The molecule has 0 radical (unpaired) electrons. The molecule has 1 aliphatic rings. The average molecular weight is 381 g/mol. The first-order valence-electron chi connectivity index (χ1n) is 8.31. The molecule has 0 aliphatic carbocycles. The SMILES string of the molecule is CC1=C(C(N)=O)[C@@H](c2ccccc2)N=C(SCc2ccc(C(=O)O)cc2)N1. The summed E-state index contributed by atoms with van der Waals surface area (Å²) in [5, 5.41) is 12.8. The van der Waals surface area contributed by atoms with Gasteiger partial charge in [-0.25, -0.2) is 9.79 Å². The number of nitrogens with two attached hydrogens (primary N) is 1. The minimum absolute atomic E-state index is 0.255. The Morgan fingerprint density at radius 3 is 2.41 bits per heavy atom. The molecule has 1 heterocycles. The van der Waals surface area contributed by atoms with Gasteiger partial charge in [-0.15, -0.1) is 0 Å². The first-order valence-corrected chi connectivity index (χ1v) is 9.29. The number of nitrogens with one attached hydrogen (secondary N) is 1. The number of amides is 1. The number of hydrogen-bond acceptors (Lipinski definition) is 5. The molecule has 0 unspecified atom stereocenters. The molecule has 27 heavy (non-hydrogen) atoms. The van der Waals surface area contributed by atoms with Crippen molar-refractivity contribution in [2.45, 2.75) is 18.7 Å². The van der Waals surface area contributed by atoms with Crippen LogP contribution in [0.15, 0.2) is 70.9 Å². The molecule has 0 aromatic heterocycles. The molecule has 2 aromatic carbocycles. The minimum Gasteiger partial charge on any atom is -0.478 e. The molecule has 0 spiro atoms. The largest absolute Gasteiger partial charge is 0.478 e. The molecule has 7 heteroatoms. The summed E-state index contributed by atoms with van der Waals surface area (Å²) in [5.41, 5.74) is 8.85. The molecule has 1 atom stereocenters. The number of benzene rings is 2. The fourth-order valence-electron chi connectivity index (χ4n) is 2.81. The van der Waals surface area contributed by atoms with Crippen molar-refractivity contribution in [1.29, 1.82) is 0 Å². The third-order valence-corrected chi connectivity index (χ3v) is 5.13. The van der Waals surface area contributed by atoms with Crippen molar-refractivity contribution in [3.63, 3.8) is 0 Å². The predicted molar refractivity (Wildman–Crippen MR) is 106 cm³/mol. The van der Waals surface area contributed by atoms with Crippen molar-refractivity contribution in [3.8, 4) is 0 Å². The Morgan fingerprint density at radius 1 is 1.15 bits per heavy atom. The number of rotatable bonds is 5. The molecule has 0 fully saturated rings. The molecule has 0 saturated heterocycles. The highest BCUT2D eigenvalue weighted by Crippen LogP contribution is 2.32. The molecule has 0 saturated carbocycles. The Morgan fingerprint density at radius 2 is 1.81 bits per heavy atom. The molecule has 4 N–H and O–H groups in total. The number of amidine groups is 1. The van der Waals surface area contributed by atoms with Gasteiger partial charge < -0.3 is 16.2 Å². The highest BCUT2D eigenvalue weighted by atomic mass is 32.2. The van der Waals surface area contributed by atoms with Crippen LogP contribution in [0.25, 0.3) is 0 Å². The first kappa shape index (κ1) is 18.7. The van der Waals surface area contributed by atoms with Crippen LogP contribution in [0.1, 0.15) is 34.5 Å². The molecule has 2 aromatic rings. The zero-order valence-corrected chi connectivity index (χ0v) is 15.5. The highest BCUT2D eigenvalue weighted by Gasteiger charge is 2.27. The molecule has 3 rings (SSSR count). The topological polar surface area (TPSA) is 105 Å². The number of nitrogens with zero attached hydrogens (tertiary/aromatic N) is 1. The number of carbonyl (C=O) groups excluding carboxylic acids is 1. The number of carbonyl (C=O) groups is 2. The van der Waals surface area contributed by atoms with Crippen LogP contribution in [-0.4, -0.2) is 22.2 Å². The zero-order valence-electron chi connectivity index (χ0n) is 14.7. The van der Waals surface area contributed by atoms with E-state index in [4.69, 9.17) is 10.8 Å². The van der Waals surface area contributed by atoms with Crippen molar-refractivity contribution in [2.24, 2.45) is 10.7 Å². The van der Waals surface area contributed by atoms with Gasteiger partial charge in [0, 0.05) is 11.4 Å². The van der Waals surface area contributed by atoms with E-state index in [0.29, 0.717) is 22.2 Å². The molecule has 1 amide bonds. The summed E-state index contributed by atoms with van der Waals surface area (Å²) in [4.78, 5) is 27.5. The van der Waals surface area contributed by atoms with Gasteiger partial charge in [0.25, 0.3) is 0 Å². The Balaban J connectivity index is 1.79. The maximum absolute atomic E-state index is 11.9. The lowest BCUT2D eigenvalue weighted by molar-refractivity contribution is -0.114. The summed E-state index contributed by atoms with van der Waals surface area (Å²) in [6, 6.07) is 15.8. The second kappa shape index (κ2) is 8.09. The van der Waals surface area contributed by atoms with E-state index in [2.05, 4.69) is 10.3 Å². The Hall–Kier alpha value is -3.06. The lowest BCUT2D eigenvalue weighted by Crippen LogP contribution is -2.32. The van der Waals surface area contributed by atoms with E-state index in [1.807, 2.05) is 37.3 Å². The van der Waals surface area contributed by atoms with E-state index >= 15 is 0 Å². The Bertz CT molecular complexity index is 921. The van der Waals surface area contributed by atoms with Gasteiger partial charge >= 0.3 is 5.97 Å². The van der Waals surface area contributed by atoms with E-state index in [9.17, 15) is 9.59 Å². The molecule has 1 aliphatic heterocycles. The number of carboxylic acid groups (broad SMARTS) is 1. The fourth-order valence-corrected chi connectivity index (χ4v) is 3.71. The van der Waals surface area contributed by atoms with Gasteiger partial charge in [-0.05, 0) is 30.2 Å². The third kappa shape index (κ3) is 4.38. The van der Waals surface area contributed by atoms with Crippen LogP contribution in [0.3, 0.4) is 0 Å². The number of thioether (sulfide) groups is 1. The smallest absolute Gasteiger partial charge is 0.335 e. The minimum atomic E-state index is -0.946. The van der Waals surface area contributed by atoms with Gasteiger partial charge in [0.05, 0.1) is 11.1 Å². The maximum atomic E-state index is 11.9. The van der Waals surface area contributed by atoms with Crippen LogP contribution < -0.4 is 11.1 Å². The van der Waals surface area contributed by atoms with Gasteiger partial charge in [0.2, 0.25) is 5.91 Å². The van der Waals surface area contributed by atoms with Crippen LogP contribution in [0.4, 0.5) is 0 Å². The third-order valence-electron chi connectivity index (χ3n) is 4.18. The lowest BCUT2D eigenvalue weighted by atomic mass is 9.96. The normalized spacial score (nSPS) is 16.5. The van der Waals surface area contributed by atoms with Gasteiger partial charge in [0.1, 0.15) is 6.04 Å². The average Bonchev–Trinajstić information content (AvgIpc) is 2.66. The summed E-state index contributed by atoms with van der Waals surface area (Å²) >= 11 is 1.49. The van der Waals surface area contributed by atoms with Crippen molar-refractivity contribution in [1.82, 2.24) is 5.32 Å². The first-order chi connectivity index (χ1) is 13.0. The van der Waals surface area contributed by atoms with Gasteiger partial charge in [-0.2, -0.15) is 0 Å². The van der Waals surface area contributed by atoms with Crippen LogP contribution in [0.5, 0.6) is 0 Å². The summed E-state index contributed by atoms with van der Waals surface area (Å²) in [5.74, 6) is -0.823. The van der Waals surface area contributed by atoms with Crippen LogP contribution in [-0.2, 0) is 10.5 Å². The van der Waals surface area contributed by atoms with Gasteiger partial charge in [0.15, 0.2) is 5.17 Å². The van der Waals surface area contributed by atoms with E-state index in [-0.39, 0.29) is 5.56 Å². The van der Waals surface area contributed by atoms with E-state index < -0.39 is 17.9 Å². The monoisotopic (exact) mass is 381 g/mol. The standard InChI is InChI=1S/C20H19N3O3S/c1-12-16(18(21)24)17(14-5-3-2-4-6-14)23-20(22-12)27-11-13-7-9-15(10-8-13)19(25)26/h2-10,17H,11H2,1H3,(H2,21,24)(H,22,23)(H,25,26)/t17-/m1/s1. The molecule has 6 nitrogen and oxygen atoms in total. The van der Waals surface area contributed by atoms with Crippen molar-refractivity contribution >= 4 is 28.8 Å². The zero-order chi connectivity index (χ0) is 19.4. The van der Waals surface area contributed by atoms with Crippen molar-refractivity contribution in [3.05, 3.63) is 82.6 Å². The molecule has 0 bridgehead atoms. The predicted octanol–water partition coefficient (Wildman–Crippen LogP) is 3.08. The Labute approximate surface area is 161 Å². The number of primary amides is 1. The van der Waals surface area contributed by atoms with Crippen LogP contribution in [0, 0.1) is 0 Å². The van der Waals surface area contributed by atoms with Gasteiger partial charge in [-0.1, -0.05) is 54.2 Å². The van der Waals surface area contributed by atoms with Gasteiger partial charge in [-0.3, -0.25) is 4.79 Å². The summed E-state index contributed by atoms with van der Waals surface area (Å²) < 4.78 is 0. The molecule has 138 valence electrons. The Kier molecular flexibility index (Phi) is 5.61. The number of carboxylic acids is 1. The summed E-state index contributed by atoms with van der Waals surface area (Å²) in [6.07, 6.45) is 0. The highest BCUT2D eigenvalue weighted by molar-refractivity contribution is 8.13. The van der Waals surface area contributed by atoms with Crippen molar-refractivity contribution in [2.75, 3.05) is 0 Å². The van der Waals surface area contributed by atoms with Crippen LogP contribution >= 0.6 is 11.8 Å². The quantitative estimate of drug-likeness (QED) is 0.738. The van der Waals surface area contributed by atoms with E-state index in [1.165, 1.54) is 11.8 Å². The van der Waals surface area contributed by atoms with E-state index in [1.54, 1.807) is 24.3 Å². The maximum Gasteiger partial charge on any atom is 0.335 e. The summed E-state index contributed by atoms with van der Waals surface area (Å²) in [7, 11) is 0. The van der Waals surface area contributed by atoms with Crippen LogP contribution in [0.2, 0.25) is 0 Å². The molecular formula is C20H19N3O3S. The number of allylic oxidation sites excluding steroid dienone is 1. The lowest BCUT2D eigenvalue weighted by Gasteiger charge is -2.25. The second-order valence-electron chi connectivity index (χ2n) is 6.07. The summed E-state index contributed by atoms with van der Waals surface area (Å²) in [6.45, 7) is 1.81.